The molecule has 8 heteroatoms. The fraction of sp³-hybridized carbons (Fsp3) is 0.217. The summed E-state index contributed by atoms with van der Waals surface area (Å²) in [5, 5.41) is 20.4. The van der Waals surface area contributed by atoms with Crippen molar-refractivity contribution in [3.05, 3.63) is 86.3 Å². The summed E-state index contributed by atoms with van der Waals surface area (Å²) in [5.41, 5.74) is 0.0482. The molecule has 2 N–H and O–H groups in total. The monoisotopic (exact) mass is 478 g/mol. The molecule has 0 bridgehead atoms. The first-order chi connectivity index (χ1) is 14.7. The van der Waals surface area contributed by atoms with Crippen molar-refractivity contribution in [1.29, 1.82) is 0 Å². The molecule has 2 aromatic rings. The first kappa shape index (κ1) is 23.4. The number of ether oxygens (including phenoxy) is 1. The van der Waals surface area contributed by atoms with E-state index in [-0.39, 0.29) is 18.6 Å². The molecule has 0 saturated heterocycles. The summed E-state index contributed by atoms with van der Waals surface area (Å²) in [5.74, 6) is -2.26. The van der Waals surface area contributed by atoms with Crippen LogP contribution in [0.4, 0.5) is 0 Å². The minimum Gasteiger partial charge on any atom is -0.481 e. The van der Waals surface area contributed by atoms with Gasteiger partial charge in [-0.3, -0.25) is 4.79 Å². The van der Waals surface area contributed by atoms with E-state index in [1.54, 1.807) is 18.2 Å². The smallest absolute Gasteiger partial charge is 0.331 e. The summed E-state index contributed by atoms with van der Waals surface area (Å²) in [7, 11) is 0. The highest BCUT2D eigenvalue weighted by Crippen LogP contribution is 2.46. The van der Waals surface area contributed by atoms with E-state index in [1.165, 1.54) is 24.8 Å². The molecule has 5 nitrogen and oxygen atoms in total. The predicted octanol–water partition coefficient (Wildman–Crippen LogP) is 6.06. The second kappa shape index (κ2) is 9.92. The summed E-state index contributed by atoms with van der Waals surface area (Å²) in [6.07, 6.45) is 1.37. The molecule has 1 unspecified atom stereocenters. The molecule has 0 saturated carbocycles. The number of aliphatic carboxylic acids is 2. The Morgan fingerprint density at radius 1 is 1.06 bits per heavy atom. The summed E-state index contributed by atoms with van der Waals surface area (Å²) in [6.45, 7) is 1.87. The van der Waals surface area contributed by atoms with Gasteiger partial charge in [0.25, 0.3) is 0 Å². The quantitative estimate of drug-likeness (QED) is 0.479. The van der Waals surface area contributed by atoms with Gasteiger partial charge in [-0.15, -0.1) is 0 Å². The summed E-state index contributed by atoms with van der Waals surface area (Å²) < 4.78 is 5.85. The first-order valence-corrected chi connectivity index (χ1v) is 10.9. The number of rotatable bonds is 8. The van der Waals surface area contributed by atoms with E-state index < -0.39 is 17.4 Å². The number of allylic oxidation sites excluding steroid dienone is 1. The van der Waals surface area contributed by atoms with Crippen LogP contribution < -0.4 is 0 Å². The maximum absolute atomic E-state index is 12.2. The van der Waals surface area contributed by atoms with Crippen LogP contribution in [-0.2, 0) is 20.9 Å². The third-order valence-corrected chi connectivity index (χ3v) is 6.47. The van der Waals surface area contributed by atoms with E-state index in [0.29, 0.717) is 32.0 Å². The lowest BCUT2D eigenvalue weighted by Crippen LogP contribution is -2.36. The molecule has 0 radical (unpaired) electrons. The molecule has 0 heterocycles. The van der Waals surface area contributed by atoms with Crippen molar-refractivity contribution in [2.45, 2.75) is 24.8 Å². The van der Waals surface area contributed by atoms with E-state index in [2.05, 4.69) is 0 Å². The molecule has 1 atom stereocenters. The number of halogens is 2. The van der Waals surface area contributed by atoms with Crippen molar-refractivity contribution in [2.24, 2.45) is 5.41 Å². The highest BCUT2D eigenvalue weighted by Gasteiger charge is 2.43. The van der Waals surface area contributed by atoms with Crippen molar-refractivity contribution in [3.8, 4) is 0 Å². The van der Waals surface area contributed by atoms with E-state index in [1.807, 2.05) is 30.3 Å². The summed E-state index contributed by atoms with van der Waals surface area (Å²) in [6, 6.07) is 14.5. The molecule has 2 aromatic carbocycles. The third kappa shape index (κ3) is 5.71. The van der Waals surface area contributed by atoms with Crippen molar-refractivity contribution >= 4 is 46.9 Å². The molecule has 0 aromatic heterocycles. The van der Waals surface area contributed by atoms with Gasteiger partial charge in [-0.05, 0) is 48.8 Å². The number of hydrogen-bond donors (Lipinski definition) is 2. The van der Waals surface area contributed by atoms with E-state index >= 15 is 0 Å². The highest BCUT2D eigenvalue weighted by molar-refractivity contribution is 8.03. The van der Waals surface area contributed by atoms with Gasteiger partial charge in [0.05, 0.1) is 18.6 Å². The van der Waals surface area contributed by atoms with Gasteiger partial charge in [0.1, 0.15) is 0 Å². The molecule has 0 aliphatic heterocycles. The lowest BCUT2D eigenvalue weighted by atomic mass is 9.73. The molecule has 1 aliphatic carbocycles. The van der Waals surface area contributed by atoms with Crippen LogP contribution in [0.3, 0.4) is 0 Å². The van der Waals surface area contributed by atoms with Gasteiger partial charge in [-0.1, -0.05) is 65.3 Å². The van der Waals surface area contributed by atoms with E-state index in [9.17, 15) is 19.8 Å². The average molecular weight is 479 g/mol. The van der Waals surface area contributed by atoms with Gasteiger partial charge in [0, 0.05) is 25.4 Å². The zero-order valence-corrected chi connectivity index (χ0v) is 18.9. The van der Waals surface area contributed by atoms with Crippen LogP contribution in [0, 0.1) is 5.41 Å². The largest absolute Gasteiger partial charge is 0.481 e. The highest BCUT2D eigenvalue weighted by atomic mass is 35.5. The number of thioether (sulfide) groups is 1. The number of carbonyl (C=O) groups is 2. The SMILES string of the molecule is CC1(C(=O)O)CC(C(=O)O)=CC(Sc2cc(Cl)cc(Cl)c2)=C1COCc1ccccc1. The molecule has 1 aliphatic rings. The lowest BCUT2D eigenvalue weighted by Gasteiger charge is -2.33. The van der Waals surface area contributed by atoms with Gasteiger partial charge in [-0.25, -0.2) is 4.79 Å². The van der Waals surface area contributed by atoms with Crippen LogP contribution in [0.2, 0.25) is 10.0 Å². The van der Waals surface area contributed by atoms with Gasteiger partial charge >= 0.3 is 11.9 Å². The Morgan fingerprint density at radius 3 is 2.29 bits per heavy atom. The molecule has 0 spiro atoms. The molecular formula is C23H20Cl2O5S. The molecular weight excluding hydrogens is 459 g/mol. The maximum Gasteiger partial charge on any atom is 0.331 e. The van der Waals surface area contributed by atoms with Crippen LogP contribution in [0.1, 0.15) is 18.9 Å². The lowest BCUT2D eigenvalue weighted by molar-refractivity contribution is -0.146. The van der Waals surface area contributed by atoms with Crippen LogP contribution in [0.5, 0.6) is 0 Å². The van der Waals surface area contributed by atoms with Crippen molar-refractivity contribution in [2.75, 3.05) is 6.61 Å². The van der Waals surface area contributed by atoms with Gasteiger partial charge < -0.3 is 14.9 Å². The fourth-order valence-electron chi connectivity index (χ4n) is 3.28. The summed E-state index contributed by atoms with van der Waals surface area (Å²) >= 11 is 13.4. The zero-order chi connectivity index (χ0) is 22.6. The number of carboxylic acids is 2. The first-order valence-electron chi connectivity index (χ1n) is 9.35. The molecule has 3 rings (SSSR count). The van der Waals surface area contributed by atoms with Crippen molar-refractivity contribution < 1.29 is 24.5 Å². The molecule has 0 fully saturated rings. The Labute approximate surface area is 194 Å². The number of carboxylic acid groups (broad SMARTS) is 2. The van der Waals surface area contributed by atoms with Crippen LogP contribution in [0.25, 0.3) is 0 Å². The van der Waals surface area contributed by atoms with E-state index in [4.69, 9.17) is 27.9 Å². The van der Waals surface area contributed by atoms with Gasteiger partial charge in [-0.2, -0.15) is 0 Å². The maximum atomic E-state index is 12.2. The van der Waals surface area contributed by atoms with E-state index in [0.717, 1.165) is 5.56 Å². The van der Waals surface area contributed by atoms with Crippen LogP contribution in [0.15, 0.2) is 75.6 Å². The normalized spacial score (nSPS) is 18.6. The standard InChI is InChI=1S/C23H20Cl2O5S/c1-23(22(28)29)11-15(21(26)27)7-20(31-18-9-16(24)8-17(25)10-18)19(23)13-30-12-14-5-3-2-4-6-14/h2-10H,11-13H2,1H3,(H,26,27)(H,28,29). The van der Waals surface area contributed by atoms with Crippen molar-refractivity contribution in [1.82, 2.24) is 0 Å². The Balaban J connectivity index is 2.00. The molecule has 162 valence electrons. The Hall–Kier alpha value is -2.25. The minimum atomic E-state index is -1.43. The number of hydrogen-bond acceptors (Lipinski definition) is 4. The second-order valence-corrected chi connectivity index (χ2v) is 9.31. The van der Waals surface area contributed by atoms with Crippen LogP contribution >= 0.6 is 35.0 Å². The van der Waals surface area contributed by atoms with Gasteiger partial charge in [0.15, 0.2) is 0 Å². The second-order valence-electron chi connectivity index (χ2n) is 7.32. The van der Waals surface area contributed by atoms with Crippen molar-refractivity contribution in [3.63, 3.8) is 0 Å². The molecule has 31 heavy (non-hydrogen) atoms. The minimum absolute atomic E-state index is 0.0207. The Kier molecular flexibility index (Phi) is 7.49. The summed E-state index contributed by atoms with van der Waals surface area (Å²) in [4.78, 5) is 25.1. The zero-order valence-electron chi connectivity index (χ0n) is 16.6. The van der Waals surface area contributed by atoms with Gasteiger partial charge in [0.2, 0.25) is 0 Å². The Bertz CT molecular complexity index is 1040. The third-order valence-electron chi connectivity index (χ3n) is 4.98. The average Bonchev–Trinajstić information content (AvgIpc) is 2.69. The topological polar surface area (TPSA) is 83.8 Å². The predicted molar refractivity (Wildman–Crippen MR) is 122 cm³/mol. The Morgan fingerprint density at radius 2 is 1.71 bits per heavy atom. The number of benzene rings is 2. The fourth-order valence-corrected chi connectivity index (χ4v) is 5.17. The van der Waals surface area contributed by atoms with Crippen LogP contribution in [-0.4, -0.2) is 28.8 Å². The molecule has 0 amide bonds.